The molecule has 39 heavy (non-hydrogen) atoms. The number of carbonyl (C=O) groups excluding carboxylic acids is 2. The third kappa shape index (κ3) is 5.98. The number of nitriles is 1. The molecule has 1 saturated heterocycles. The van der Waals surface area contributed by atoms with E-state index in [1.807, 2.05) is 39.0 Å². The molecular formula is C29H32N6O4. The molecule has 0 bridgehead atoms. The van der Waals surface area contributed by atoms with Gasteiger partial charge in [-0.15, -0.1) is 0 Å². The highest BCUT2D eigenvalue weighted by Crippen LogP contribution is 2.43. The first-order chi connectivity index (χ1) is 18.5. The number of aryl methyl sites for hydroxylation is 3. The van der Waals surface area contributed by atoms with Crippen LogP contribution in [0.3, 0.4) is 0 Å². The number of H-pyrrole nitrogens is 1. The summed E-state index contributed by atoms with van der Waals surface area (Å²) in [5, 5.41) is 18.6. The Bertz CT molecular complexity index is 1510. The second kappa shape index (κ2) is 11.1. The standard InChI is InChI=1S/C29H32N6O4/c1-17-7-6-8-20(13-17)22-10-12-25(29(4,5)16-30)35(22)26(36)15-31-27(37)21-9-11-23(19(3)32-21)39-24-14-18(2)33-34-28(24)38/h6-9,11,13-14,22,25H,10,12,15H2,1-5H3,(H,31,37)(H,34,38)/t22-,25+/m0/s1. The topological polar surface area (TPSA) is 141 Å². The predicted octanol–water partition coefficient (Wildman–Crippen LogP) is 3.89. The lowest BCUT2D eigenvalue weighted by molar-refractivity contribution is -0.134. The normalized spacial score (nSPS) is 17.0. The van der Waals surface area contributed by atoms with Crippen molar-refractivity contribution < 1.29 is 14.3 Å². The number of carbonyl (C=O) groups is 2. The first kappa shape index (κ1) is 27.5. The number of benzene rings is 1. The van der Waals surface area contributed by atoms with Crippen LogP contribution < -0.4 is 15.6 Å². The average molecular weight is 529 g/mol. The van der Waals surface area contributed by atoms with Gasteiger partial charge in [-0.25, -0.2) is 10.1 Å². The SMILES string of the molecule is Cc1cccc([C@@H]2CC[C@H](C(C)(C)C#N)N2C(=O)CNC(=O)c2ccc(Oc3cc(C)n[nH]c3=O)c(C)n2)c1. The Hall–Kier alpha value is -4.52. The van der Waals surface area contributed by atoms with Crippen LogP contribution in [0.2, 0.25) is 0 Å². The zero-order chi connectivity index (χ0) is 28.3. The third-order valence-electron chi connectivity index (χ3n) is 7.01. The van der Waals surface area contributed by atoms with Crippen molar-refractivity contribution in [3.8, 4) is 17.6 Å². The highest BCUT2D eigenvalue weighted by Gasteiger charge is 2.45. The van der Waals surface area contributed by atoms with Gasteiger partial charge in [-0.2, -0.15) is 10.4 Å². The van der Waals surface area contributed by atoms with Crippen LogP contribution in [0.15, 0.2) is 47.3 Å². The molecule has 0 unspecified atom stereocenters. The molecule has 2 N–H and O–H groups in total. The van der Waals surface area contributed by atoms with Crippen molar-refractivity contribution in [2.45, 2.75) is 59.5 Å². The van der Waals surface area contributed by atoms with Crippen LogP contribution in [-0.2, 0) is 4.79 Å². The summed E-state index contributed by atoms with van der Waals surface area (Å²) < 4.78 is 5.67. The van der Waals surface area contributed by atoms with E-state index in [4.69, 9.17) is 4.74 Å². The Morgan fingerprint density at radius 1 is 1.15 bits per heavy atom. The Balaban J connectivity index is 1.49. The number of aromatic nitrogens is 3. The Morgan fingerprint density at radius 2 is 1.92 bits per heavy atom. The van der Waals surface area contributed by atoms with Crippen molar-refractivity contribution >= 4 is 11.8 Å². The fourth-order valence-electron chi connectivity index (χ4n) is 4.94. The predicted molar refractivity (Wildman–Crippen MR) is 144 cm³/mol. The van der Waals surface area contributed by atoms with E-state index in [1.165, 1.54) is 12.1 Å². The highest BCUT2D eigenvalue weighted by atomic mass is 16.5. The maximum Gasteiger partial charge on any atom is 0.307 e. The number of aromatic amines is 1. The first-order valence-electron chi connectivity index (χ1n) is 12.8. The minimum Gasteiger partial charge on any atom is -0.450 e. The van der Waals surface area contributed by atoms with Crippen molar-refractivity contribution in [3.05, 3.63) is 81.0 Å². The van der Waals surface area contributed by atoms with Gasteiger partial charge in [0, 0.05) is 6.07 Å². The van der Waals surface area contributed by atoms with Gasteiger partial charge in [-0.1, -0.05) is 29.8 Å². The molecule has 0 spiro atoms. The Morgan fingerprint density at radius 3 is 2.62 bits per heavy atom. The number of likely N-dealkylation sites (tertiary alicyclic amines) is 1. The smallest absolute Gasteiger partial charge is 0.307 e. The number of ether oxygens (including phenoxy) is 1. The van der Waals surface area contributed by atoms with Crippen molar-refractivity contribution in [1.82, 2.24) is 25.4 Å². The quantitative estimate of drug-likeness (QED) is 0.474. The molecule has 0 aliphatic carbocycles. The number of hydrogen-bond donors (Lipinski definition) is 2. The number of rotatable bonds is 7. The largest absolute Gasteiger partial charge is 0.450 e. The van der Waals surface area contributed by atoms with Gasteiger partial charge in [0.2, 0.25) is 5.91 Å². The summed E-state index contributed by atoms with van der Waals surface area (Å²) in [5.74, 6) is -0.389. The molecule has 2 amide bonds. The van der Waals surface area contributed by atoms with E-state index in [1.54, 1.807) is 24.8 Å². The summed E-state index contributed by atoms with van der Waals surface area (Å²) >= 11 is 0. The molecule has 3 aromatic rings. The van der Waals surface area contributed by atoms with Crippen molar-refractivity contribution in [2.75, 3.05) is 6.54 Å². The molecule has 10 nitrogen and oxygen atoms in total. The molecule has 1 aliphatic rings. The molecule has 2 aromatic heterocycles. The maximum absolute atomic E-state index is 13.5. The lowest BCUT2D eigenvalue weighted by Gasteiger charge is -2.36. The number of hydrogen-bond acceptors (Lipinski definition) is 7. The molecule has 10 heteroatoms. The van der Waals surface area contributed by atoms with Gasteiger partial charge in [0.15, 0.2) is 5.75 Å². The lowest BCUT2D eigenvalue weighted by Crippen LogP contribution is -2.48. The zero-order valence-electron chi connectivity index (χ0n) is 22.7. The molecule has 2 atom stereocenters. The van der Waals surface area contributed by atoms with Gasteiger partial charge in [0.25, 0.3) is 5.91 Å². The second-order valence-electron chi connectivity index (χ2n) is 10.4. The third-order valence-corrected chi connectivity index (χ3v) is 7.01. The van der Waals surface area contributed by atoms with Crippen LogP contribution in [-0.4, -0.2) is 44.5 Å². The van der Waals surface area contributed by atoms with Gasteiger partial charge in [-0.3, -0.25) is 14.4 Å². The van der Waals surface area contributed by atoms with E-state index in [2.05, 4.69) is 32.6 Å². The first-order valence-corrected chi connectivity index (χ1v) is 12.8. The average Bonchev–Trinajstić information content (AvgIpc) is 3.37. The number of pyridine rings is 1. The van der Waals surface area contributed by atoms with Gasteiger partial charge in [-0.05, 0) is 65.2 Å². The van der Waals surface area contributed by atoms with Gasteiger partial charge in [0.1, 0.15) is 11.4 Å². The van der Waals surface area contributed by atoms with Crippen LogP contribution in [0.25, 0.3) is 0 Å². The molecule has 1 aliphatic heterocycles. The molecule has 4 rings (SSSR count). The summed E-state index contributed by atoms with van der Waals surface area (Å²) in [6.07, 6.45) is 1.43. The number of amides is 2. The Labute approximate surface area is 227 Å². The van der Waals surface area contributed by atoms with E-state index < -0.39 is 16.9 Å². The van der Waals surface area contributed by atoms with Crippen molar-refractivity contribution in [2.24, 2.45) is 5.41 Å². The molecule has 0 radical (unpaired) electrons. The van der Waals surface area contributed by atoms with Gasteiger partial charge in [0.05, 0.1) is 41.5 Å². The van der Waals surface area contributed by atoms with E-state index in [0.29, 0.717) is 23.6 Å². The lowest BCUT2D eigenvalue weighted by atomic mass is 9.84. The minimum atomic E-state index is -0.748. The summed E-state index contributed by atoms with van der Waals surface area (Å²) in [6, 6.07) is 14.4. The molecular weight excluding hydrogens is 496 g/mol. The molecule has 202 valence electrons. The van der Waals surface area contributed by atoms with E-state index in [9.17, 15) is 19.6 Å². The second-order valence-corrected chi connectivity index (χ2v) is 10.4. The highest BCUT2D eigenvalue weighted by molar-refractivity contribution is 5.95. The van der Waals surface area contributed by atoms with Crippen LogP contribution in [0, 0.1) is 37.5 Å². The fraction of sp³-hybridized carbons (Fsp3) is 0.379. The Kier molecular flexibility index (Phi) is 7.81. The summed E-state index contributed by atoms with van der Waals surface area (Å²) in [6.45, 7) is 8.83. The number of nitrogens with one attached hydrogen (secondary N) is 2. The van der Waals surface area contributed by atoms with E-state index in [0.717, 1.165) is 17.5 Å². The summed E-state index contributed by atoms with van der Waals surface area (Å²) in [4.78, 5) is 44.5. The number of nitrogens with zero attached hydrogens (tertiary/aromatic N) is 4. The van der Waals surface area contributed by atoms with Crippen LogP contribution in [0.1, 0.15) is 65.7 Å². The molecule has 1 aromatic carbocycles. The van der Waals surface area contributed by atoms with Crippen molar-refractivity contribution in [1.29, 1.82) is 5.26 Å². The van der Waals surface area contributed by atoms with Gasteiger partial charge < -0.3 is 15.0 Å². The monoisotopic (exact) mass is 528 g/mol. The molecule has 1 fully saturated rings. The van der Waals surface area contributed by atoms with E-state index in [-0.39, 0.29) is 36.0 Å². The van der Waals surface area contributed by atoms with E-state index >= 15 is 0 Å². The summed E-state index contributed by atoms with van der Waals surface area (Å²) in [7, 11) is 0. The van der Waals surface area contributed by atoms with Gasteiger partial charge >= 0.3 is 5.56 Å². The van der Waals surface area contributed by atoms with Crippen molar-refractivity contribution in [3.63, 3.8) is 0 Å². The van der Waals surface area contributed by atoms with Crippen LogP contribution >= 0.6 is 0 Å². The fourth-order valence-corrected chi connectivity index (χ4v) is 4.94. The van der Waals surface area contributed by atoms with Crippen LogP contribution in [0.5, 0.6) is 11.5 Å². The zero-order valence-corrected chi connectivity index (χ0v) is 22.7. The molecule has 0 saturated carbocycles. The summed E-state index contributed by atoms with van der Waals surface area (Å²) in [5.41, 5.74) is 1.97. The molecule has 3 heterocycles. The van der Waals surface area contributed by atoms with Crippen LogP contribution in [0.4, 0.5) is 0 Å². The minimum absolute atomic E-state index is 0.0684. The maximum atomic E-state index is 13.5.